The van der Waals surface area contributed by atoms with Crippen molar-refractivity contribution in [3.05, 3.63) is 17.0 Å². The first-order chi connectivity index (χ1) is 9.39. The van der Waals surface area contributed by atoms with Gasteiger partial charge in [0.15, 0.2) is 0 Å². The van der Waals surface area contributed by atoms with Crippen LogP contribution in [0.3, 0.4) is 0 Å². The second-order valence-corrected chi connectivity index (χ2v) is 8.30. The number of thiophene rings is 1. The third kappa shape index (κ3) is 3.05. The molecule has 1 aromatic heterocycles. The minimum Gasteiger partial charge on any atom is -0.468 e. The van der Waals surface area contributed by atoms with Gasteiger partial charge in [0.2, 0.25) is 0 Å². The van der Waals surface area contributed by atoms with Crippen LogP contribution in [0.5, 0.6) is 0 Å². The van der Waals surface area contributed by atoms with Gasteiger partial charge in [-0.05, 0) is 31.9 Å². The molecule has 112 valence electrons. The van der Waals surface area contributed by atoms with Gasteiger partial charge in [-0.3, -0.25) is 4.79 Å². The lowest BCUT2D eigenvalue weighted by molar-refractivity contribution is -0.149. The van der Waals surface area contributed by atoms with Crippen LogP contribution in [-0.4, -0.2) is 27.0 Å². The minimum absolute atomic E-state index is 0.240. The first-order valence-corrected chi connectivity index (χ1v) is 8.88. The average molecular weight is 317 g/mol. The Bertz CT molecular complexity index is 585. The second-order valence-electron chi connectivity index (χ2n) is 5.10. The Morgan fingerprint density at radius 3 is 2.45 bits per heavy atom. The van der Waals surface area contributed by atoms with Gasteiger partial charge in [-0.1, -0.05) is 19.3 Å². The largest absolute Gasteiger partial charge is 0.468 e. The molecular formula is C13H19NO4S2. The number of carbonyl (C=O) groups excluding carboxylic acids is 1. The molecule has 0 aromatic carbocycles. The van der Waals surface area contributed by atoms with Crippen molar-refractivity contribution in [2.75, 3.05) is 7.11 Å². The number of esters is 1. The van der Waals surface area contributed by atoms with Crippen LogP contribution in [0.15, 0.2) is 16.3 Å². The van der Waals surface area contributed by atoms with Gasteiger partial charge >= 0.3 is 5.97 Å². The highest BCUT2D eigenvalue weighted by molar-refractivity contribution is 7.91. The molecule has 0 aliphatic heterocycles. The number of methoxy groups -OCH3 is 1. The summed E-state index contributed by atoms with van der Waals surface area (Å²) < 4.78 is 32.5. The summed E-state index contributed by atoms with van der Waals surface area (Å²) in [4.78, 5) is 13.0. The fourth-order valence-electron chi connectivity index (χ4n) is 2.56. The van der Waals surface area contributed by atoms with Crippen LogP contribution < -0.4 is 4.72 Å². The predicted octanol–water partition coefficient (Wildman–Crippen LogP) is 2.21. The SMILES string of the molecule is COC(=O)C1(NS(=O)(=O)c2ccc(C)s2)CCCCC1. The summed E-state index contributed by atoms with van der Waals surface area (Å²) >= 11 is 1.20. The van der Waals surface area contributed by atoms with E-state index in [-0.39, 0.29) is 4.21 Å². The van der Waals surface area contributed by atoms with Gasteiger partial charge < -0.3 is 4.74 Å². The minimum atomic E-state index is -3.68. The Morgan fingerprint density at radius 2 is 1.95 bits per heavy atom. The number of ether oxygens (including phenoxy) is 1. The van der Waals surface area contributed by atoms with Gasteiger partial charge in [-0.25, -0.2) is 8.42 Å². The number of rotatable bonds is 4. The molecule has 1 aliphatic carbocycles. The Kier molecular flexibility index (Phi) is 4.51. The predicted molar refractivity (Wildman–Crippen MR) is 77.2 cm³/mol. The van der Waals surface area contributed by atoms with E-state index in [2.05, 4.69) is 4.72 Å². The summed E-state index contributed by atoms with van der Waals surface area (Å²) in [6.45, 7) is 1.85. The number of hydrogen-bond donors (Lipinski definition) is 1. The lowest BCUT2D eigenvalue weighted by Crippen LogP contribution is -2.55. The maximum Gasteiger partial charge on any atom is 0.327 e. The molecule has 1 N–H and O–H groups in total. The van der Waals surface area contributed by atoms with Crippen LogP contribution in [0.1, 0.15) is 37.0 Å². The third-order valence-electron chi connectivity index (χ3n) is 3.59. The molecule has 0 unspecified atom stereocenters. The zero-order chi connectivity index (χ0) is 14.8. The van der Waals surface area contributed by atoms with Gasteiger partial charge in [0.25, 0.3) is 10.0 Å². The summed E-state index contributed by atoms with van der Waals surface area (Å²) in [5.74, 6) is -0.492. The van der Waals surface area contributed by atoms with Crippen molar-refractivity contribution in [3.8, 4) is 0 Å². The van der Waals surface area contributed by atoms with E-state index in [9.17, 15) is 13.2 Å². The topological polar surface area (TPSA) is 72.5 Å². The maximum absolute atomic E-state index is 12.4. The molecule has 0 atom stereocenters. The van der Waals surface area contributed by atoms with Crippen molar-refractivity contribution in [2.24, 2.45) is 0 Å². The molecule has 1 aliphatic rings. The summed E-state index contributed by atoms with van der Waals surface area (Å²) in [6, 6.07) is 3.32. The van der Waals surface area contributed by atoms with E-state index in [0.717, 1.165) is 24.1 Å². The van der Waals surface area contributed by atoms with E-state index >= 15 is 0 Å². The molecule has 20 heavy (non-hydrogen) atoms. The highest BCUT2D eigenvalue weighted by Crippen LogP contribution is 2.32. The van der Waals surface area contributed by atoms with Gasteiger partial charge in [0.05, 0.1) is 7.11 Å². The molecule has 1 saturated carbocycles. The van der Waals surface area contributed by atoms with E-state index in [0.29, 0.717) is 12.8 Å². The summed E-state index contributed by atoms with van der Waals surface area (Å²) in [5, 5.41) is 0. The molecule has 1 fully saturated rings. The molecule has 2 rings (SSSR count). The zero-order valence-corrected chi connectivity index (χ0v) is 13.3. The molecule has 0 radical (unpaired) electrons. The van der Waals surface area contributed by atoms with Crippen LogP contribution in [0, 0.1) is 6.92 Å². The summed E-state index contributed by atoms with van der Waals surface area (Å²) in [6.07, 6.45) is 3.63. The highest BCUT2D eigenvalue weighted by atomic mass is 32.2. The van der Waals surface area contributed by atoms with E-state index < -0.39 is 21.5 Å². The average Bonchev–Trinajstić information content (AvgIpc) is 2.86. The number of sulfonamides is 1. The molecule has 1 aromatic rings. The molecule has 0 spiro atoms. The lowest BCUT2D eigenvalue weighted by atomic mass is 9.83. The first-order valence-electron chi connectivity index (χ1n) is 6.58. The fraction of sp³-hybridized carbons (Fsp3) is 0.615. The smallest absolute Gasteiger partial charge is 0.327 e. The van der Waals surface area contributed by atoms with Crippen molar-refractivity contribution in [3.63, 3.8) is 0 Å². The molecular weight excluding hydrogens is 298 g/mol. The van der Waals surface area contributed by atoms with Crippen molar-refractivity contribution in [2.45, 2.75) is 48.8 Å². The number of aryl methyl sites for hydroxylation is 1. The number of hydrogen-bond acceptors (Lipinski definition) is 5. The molecule has 1 heterocycles. The lowest BCUT2D eigenvalue weighted by Gasteiger charge is -2.34. The monoisotopic (exact) mass is 317 g/mol. The van der Waals surface area contributed by atoms with Gasteiger partial charge in [-0.2, -0.15) is 4.72 Å². The van der Waals surface area contributed by atoms with E-state index in [1.165, 1.54) is 18.4 Å². The van der Waals surface area contributed by atoms with Crippen LogP contribution >= 0.6 is 11.3 Å². The number of nitrogens with one attached hydrogen (secondary N) is 1. The van der Waals surface area contributed by atoms with Gasteiger partial charge in [0, 0.05) is 4.88 Å². The van der Waals surface area contributed by atoms with Crippen LogP contribution in [-0.2, 0) is 19.6 Å². The van der Waals surface area contributed by atoms with E-state index in [1.807, 2.05) is 6.92 Å². The van der Waals surface area contributed by atoms with Crippen LogP contribution in [0.2, 0.25) is 0 Å². The quantitative estimate of drug-likeness (QED) is 0.864. The standard InChI is InChI=1S/C13H19NO4S2/c1-10-6-7-11(19-10)20(16,17)14-13(12(15)18-2)8-4-3-5-9-13/h6-7,14H,3-5,8-9H2,1-2H3. The Hall–Kier alpha value is -0.920. The number of carbonyl (C=O) groups is 1. The van der Waals surface area contributed by atoms with Gasteiger partial charge in [0.1, 0.15) is 9.75 Å². The maximum atomic E-state index is 12.4. The molecule has 7 heteroatoms. The van der Waals surface area contributed by atoms with Crippen LogP contribution in [0.4, 0.5) is 0 Å². The first kappa shape index (κ1) is 15.5. The van der Waals surface area contributed by atoms with Gasteiger partial charge in [-0.15, -0.1) is 11.3 Å². The van der Waals surface area contributed by atoms with Crippen molar-refractivity contribution < 1.29 is 17.9 Å². The van der Waals surface area contributed by atoms with E-state index in [1.54, 1.807) is 12.1 Å². The van der Waals surface area contributed by atoms with Crippen molar-refractivity contribution in [1.82, 2.24) is 4.72 Å². The molecule has 0 amide bonds. The summed E-state index contributed by atoms with van der Waals surface area (Å²) in [5.41, 5.74) is -1.11. The molecule has 0 bridgehead atoms. The molecule has 0 saturated heterocycles. The normalized spacial score (nSPS) is 18.7. The summed E-state index contributed by atoms with van der Waals surface area (Å²) in [7, 11) is -2.39. The molecule has 5 nitrogen and oxygen atoms in total. The van der Waals surface area contributed by atoms with Crippen molar-refractivity contribution in [1.29, 1.82) is 0 Å². The second kappa shape index (κ2) is 5.83. The Balaban J connectivity index is 2.30. The fourth-order valence-corrected chi connectivity index (χ4v) is 5.26. The Labute approximate surface area is 123 Å². The Morgan fingerprint density at radius 1 is 1.30 bits per heavy atom. The zero-order valence-electron chi connectivity index (χ0n) is 11.6. The van der Waals surface area contributed by atoms with Crippen LogP contribution in [0.25, 0.3) is 0 Å². The highest BCUT2D eigenvalue weighted by Gasteiger charge is 2.44. The third-order valence-corrected chi connectivity index (χ3v) is 6.62. The van der Waals surface area contributed by atoms with Crippen molar-refractivity contribution >= 4 is 27.3 Å². The van der Waals surface area contributed by atoms with E-state index in [4.69, 9.17) is 4.74 Å².